The topological polar surface area (TPSA) is 103 Å². The standard InChI is InChI=1S/C17H18N4O4S/c1-4-23-13-7-5-12(6-8-13)16-19-20-17(24-16)26-11(3)15(22)18-14-9-10(2)25-21-14/h5-9,11H,4H2,1-3H3,(H,18,21,22)/t11-/m0/s1. The first-order valence-corrected chi connectivity index (χ1v) is 8.90. The van der Waals surface area contributed by atoms with Crippen LogP contribution in [0, 0.1) is 6.92 Å². The maximum atomic E-state index is 12.2. The molecular weight excluding hydrogens is 356 g/mol. The molecule has 0 bridgehead atoms. The van der Waals surface area contributed by atoms with Gasteiger partial charge in [0.15, 0.2) is 5.82 Å². The lowest BCUT2D eigenvalue weighted by atomic mass is 10.2. The number of benzene rings is 1. The number of hydrogen-bond acceptors (Lipinski definition) is 8. The van der Waals surface area contributed by atoms with E-state index in [1.165, 1.54) is 11.8 Å². The van der Waals surface area contributed by atoms with Gasteiger partial charge < -0.3 is 19.0 Å². The lowest BCUT2D eigenvalue weighted by Gasteiger charge is -2.06. The molecule has 1 N–H and O–H groups in total. The fourth-order valence-electron chi connectivity index (χ4n) is 2.09. The number of hydrogen-bond donors (Lipinski definition) is 1. The summed E-state index contributed by atoms with van der Waals surface area (Å²) in [6.07, 6.45) is 0. The first kappa shape index (κ1) is 18.0. The van der Waals surface area contributed by atoms with Gasteiger partial charge in [-0.15, -0.1) is 10.2 Å². The van der Waals surface area contributed by atoms with Gasteiger partial charge in [-0.1, -0.05) is 16.9 Å². The molecule has 3 rings (SSSR count). The molecule has 136 valence electrons. The summed E-state index contributed by atoms with van der Waals surface area (Å²) in [4.78, 5) is 12.2. The van der Waals surface area contributed by atoms with Crippen molar-refractivity contribution in [3.63, 3.8) is 0 Å². The van der Waals surface area contributed by atoms with Gasteiger partial charge in [0.1, 0.15) is 11.5 Å². The maximum absolute atomic E-state index is 12.2. The van der Waals surface area contributed by atoms with Crippen LogP contribution in [-0.4, -0.2) is 33.1 Å². The van der Waals surface area contributed by atoms with E-state index < -0.39 is 5.25 Å². The van der Waals surface area contributed by atoms with Gasteiger partial charge in [0.05, 0.1) is 11.9 Å². The number of aromatic nitrogens is 3. The molecule has 0 saturated heterocycles. The zero-order valence-electron chi connectivity index (χ0n) is 14.6. The van der Waals surface area contributed by atoms with E-state index in [1.807, 2.05) is 31.2 Å². The molecule has 3 aromatic rings. The molecule has 8 nitrogen and oxygen atoms in total. The Labute approximate surface area is 154 Å². The minimum absolute atomic E-state index is 0.232. The van der Waals surface area contributed by atoms with Crippen molar-refractivity contribution in [2.45, 2.75) is 31.2 Å². The zero-order chi connectivity index (χ0) is 18.5. The van der Waals surface area contributed by atoms with Crippen LogP contribution < -0.4 is 10.1 Å². The van der Waals surface area contributed by atoms with Gasteiger partial charge in [-0.05, 0) is 45.0 Å². The summed E-state index contributed by atoms with van der Waals surface area (Å²) in [5.41, 5.74) is 0.781. The quantitative estimate of drug-likeness (QED) is 0.626. The number of rotatable bonds is 7. The first-order valence-electron chi connectivity index (χ1n) is 8.02. The smallest absolute Gasteiger partial charge is 0.277 e. The van der Waals surface area contributed by atoms with Crippen LogP contribution in [0.15, 0.2) is 44.5 Å². The molecule has 0 aliphatic heterocycles. The summed E-state index contributed by atoms with van der Waals surface area (Å²) >= 11 is 1.17. The number of carbonyl (C=O) groups excluding carboxylic acids is 1. The van der Waals surface area contributed by atoms with Crippen molar-refractivity contribution in [2.75, 3.05) is 11.9 Å². The number of anilines is 1. The lowest BCUT2D eigenvalue weighted by Crippen LogP contribution is -2.22. The number of aryl methyl sites for hydroxylation is 1. The van der Waals surface area contributed by atoms with Crippen molar-refractivity contribution in [2.24, 2.45) is 0 Å². The summed E-state index contributed by atoms with van der Waals surface area (Å²) < 4.78 is 16.0. The van der Waals surface area contributed by atoms with Gasteiger partial charge >= 0.3 is 0 Å². The molecule has 0 aliphatic rings. The van der Waals surface area contributed by atoms with E-state index in [0.717, 1.165) is 11.3 Å². The third-order valence-corrected chi connectivity index (χ3v) is 4.28. The minimum atomic E-state index is -0.444. The van der Waals surface area contributed by atoms with Crippen LogP contribution in [0.25, 0.3) is 11.5 Å². The number of thioether (sulfide) groups is 1. The minimum Gasteiger partial charge on any atom is -0.494 e. The highest BCUT2D eigenvalue weighted by atomic mass is 32.2. The number of nitrogens with zero attached hydrogens (tertiary/aromatic N) is 3. The second-order valence-electron chi connectivity index (χ2n) is 5.40. The highest BCUT2D eigenvalue weighted by Crippen LogP contribution is 2.27. The van der Waals surface area contributed by atoms with Crippen LogP contribution in [0.3, 0.4) is 0 Å². The Kier molecular flexibility index (Phi) is 5.57. The second-order valence-corrected chi connectivity index (χ2v) is 6.69. The van der Waals surface area contributed by atoms with Crippen LogP contribution in [0.2, 0.25) is 0 Å². The average molecular weight is 374 g/mol. The summed E-state index contributed by atoms with van der Waals surface area (Å²) in [5, 5.41) is 14.3. The number of nitrogens with one attached hydrogen (secondary N) is 1. The van der Waals surface area contributed by atoms with Crippen LogP contribution >= 0.6 is 11.8 Å². The summed E-state index contributed by atoms with van der Waals surface area (Å²) in [6, 6.07) is 9.01. The van der Waals surface area contributed by atoms with E-state index >= 15 is 0 Å². The van der Waals surface area contributed by atoms with Crippen LogP contribution in [0.5, 0.6) is 5.75 Å². The predicted octanol–water partition coefficient (Wildman–Crippen LogP) is 3.55. The Bertz CT molecular complexity index is 875. The molecule has 2 heterocycles. The zero-order valence-corrected chi connectivity index (χ0v) is 15.4. The van der Waals surface area contributed by atoms with Crippen LogP contribution in [0.4, 0.5) is 5.82 Å². The lowest BCUT2D eigenvalue weighted by molar-refractivity contribution is -0.115. The Morgan fingerprint density at radius 1 is 1.31 bits per heavy atom. The number of ether oxygens (including phenoxy) is 1. The largest absolute Gasteiger partial charge is 0.494 e. The van der Waals surface area contributed by atoms with Crippen molar-refractivity contribution in [3.05, 3.63) is 36.1 Å². The molecule has 0 aliphatic carbocycles. The molecule has 0 radical (unpaired) electrons. The molecule has 2 aromatic heterocycles. The SMILES string of the molecule is CCOc1ccc(-c2nnc(S[C@@H](C)C(=O)Nc3cc(C)on3)o2)cc1. The molecule has 9 heteroatoms. The van der Waals surface area contributed by atoms with Crippen LogP contribution in [-0.2, 0) is 4.79 Å². The highest BCUT2D eigenvalue weighted by molar-refractivity contribution is 8.00. The van der Waals surface area contributed by atoms with Crippen molar-refractivity contribution < 1.29 is 18.5 Å². The Hall–Kier alpha value is -2.81. The second kappa shape index (κ2) is 8.05. The molecule has 0 spiro atoms. The third kappa shape index (κ3) is 4.42. The van der Waals surface area contributed by atoms with Gasteiger partial charge in [-0.25, -0.2) is 0 Å². The Morgan fingerprint density at radius 2 is 2.08 bits per heavy atom. The highest BCUT2D eigenvalue weighted by Gasteiger charge is 2.20. The maximum Gasteiger partial charge on any atom is 0.277 e. The fraction of sp³-hybridized carbons (Fsp3) is 0.294. The fourth-order valence-corrected chi connectivity index (χ4v) is 2.78. The third-order valence-electron chi connectivity index (χ3n) is 3.34. The molecule has 1 atom stereocenters. The van der Waals surface area contributed by atoms with E-state index in [1.54, 1.807) is 19.9 Å². The molecule has 1 aromatic carbocycles. The van der Waals surface area contributed by atoms with Crippen molar-refractivity contribution in [1.29, 1.82) is 0 Å². The molecule has 0 fully saturated rings. The molecule has 26 heavy (non-hydrogen) atoms. The predicted molar refractivity (Wildman–Crippen MR) is 96.1 cm³/mol. The number of carbonyl (C=O) groups is 1. The van der Waals surface area contributed by atoms with Gasteiger partial charge in [0.25, 0.3) is 5.22 Å². The summed E-state index contributed by atoms with van der Waals surface area (Å²) in [7, 11) is 0. The van der Waals surface area contributed by atoms with E-state index in [0.29, 0.717) is 29.3 Å². The Balaban J connectivity index is 1.61. The normalized spacial score (nSPS) is 12.0. The molecule has 0 saturated carbocycles. The van der Waals surface area contributed by atoms with E-state index in [2.05, 4.69) is 20.7 Å². The van der Waals surface area contributed by atoms with E-state index in [4.69, 9.17) is 13.7 Å². The van der Waals surface area contributed by atoms with Crippen molar-refractivity contribution >= 4 is 23.5 Å². The Morgan fingerprint density at radius 3 is 2.73 bits per heavy atom. The summed E-state index contributed by atoms with van der Waals surface area (Å²) in [6.45, 7) is 6.03. The van der Waals surface area contributed by atoms with Crippen molar-refractivity contribution in [3.8, 4) is 17.2 Å². The first-order chi connectivity index (χ1) is 12.5. The van der Waals surface area contributed by atoms with E-state index in [-0.39, 0.29) is 5.91 Å². The summed E-state index contributed by atoms with van der Waals surface area (Å²) in [5.74, 6) is 1.93. The average Bonchev–Trinajstić information content (AvgIpc) is 3.25. The van der Waals surface area contributed by atoms with Gasteiger partial charge in [0, 0.05) is 11.6 Å². The van der Waals surface area contributed by atoms with E-state index in [9.17, 15) is 4.79 Å². The van der Waals surface area contributed by atoms with Crippen molar-refractivity contribution in [1.82, 2.24) is 15.4 Å². The molecule has 0 unspecified atom stereocenters. The van der Waals surface area contributed by atoms with Gasteiger partial charge in [-0.2, -0.15) is 0 Å². The van der Waals surface area contributed by atoms with Crippen LogP contribution in [0.1, 0.15) is 19.6 Å². The van der Waals surface area contributed by atoms with Gasteiger partial charge in [-0.3, -0.25) is 4.79 Å². The number of amides is 1. The monoisotopic (exact) mass is 374 g/mol. The van der Waals surface area contributed by atoms with Gasteiger partial charge in [0.2, 0.25) is 11.8 Å². The molecular formula is C17H18N4O4S. The molecule has 1 amide bonds.